The van der Waals surface area contributed by atoms with Crippen molar-refractivity contribution < 1.29 is 4.74 Å². The number of benzene rings is 1. The van der Waals surface area contributed by atoms with E-state index in [4.69, 9.17) is 10.5 Å². The zero-order valence-electron chi connectivity index (χ0n) is 10.7. The van der Waals surface area contributed by atoms with Gasteiger partial charge in [0.2, 0.25) is 0 Å². The fourth-order valence-electron chi connectivity index (χ4n) is 2.83. The van der Waals surface area contributed by atoms with E-state index in [1.54, 1.807) is 0 Å². The van der Waals surface area contributed by atoms with E-state index in [2.05, 4.69) is 32.0 Å². The molecule has 2 heteroatoms. The Morgan fingerprint density at radius 3 is 2.94 bits per heavy atom. The first kappa shape index (κ1) is 11.1. The van der Waals surface area contributed by atoms with Crippen LogP contribution in [0.25, 0.3) is 0 Å². The zero-order valence-corrected chi connectivity index (χ0v) is 10.7. The Morgan fingerprint density at radius 2 is 2.24 bits per heavy atom. The van der Waals surface area contributed by atoms with E-state index in [1.807, 2.05) is 0 Å². The highest BCUT2D eigenvalue weighted by atomic mass is 16.5. The van der Waals surface area contributed by atoms with Gasteiger partial charge in [-0.05, 0) is 68.7 Å². The summed E-state index contributed by atoms with van der Waals surface area (Å²) in [7, 11) is 0. The van der Waals surface area contributed by atoms with E-state index in [1.165, 1.54) is 17.5 Å². The average Bonchev–Trinajstić information content (AvgIpc) is 3.06. The Kier molecular flexibility index (Phi) is 2.44. The van der Waals surface area contributed by atoms with Crippen LogP contribution in [-0.4, -0.2) is 12.1 Å². The van der Waals surface area contributed by atoms with E-state index in [0.717, 1.165) is 25.1 Å². The van der Waals surface area contributed by atoms with Crippen molar-refractivity contribution in [2.45, 2.75) is 44.6 Å². The molecule has 1 heterocycles. The molecule has 0 saturated heterocycles. The van der Waals surface area contributed by atoms with Gasteiger partial charge in [-0.2, -0.15) is 0 Å². The summed E-state index contributed by atoms with van der Waals surface area (Å²) < 4.78 is 6.00. The number of aryl methyl sites for hydroxylation is 1. The van der Waals surface area contributed by atoms with Gasteiger partial charge in [0.25, 0.3) is 0 Å². The summed E-state index contributed by atoms with van der Waals surface area (Å²) in [5.41, 5.74) is 8.54. The van der Waals surface area contributed by atoms with Crippen molar-refractivity contribution in [1.29, 1.82) is 0 Å². The lowest BCUT2D eigenvalue weighted by molar-refractivity contribution is 0.0846. The minimum absolute atomic E-state index is 0.00606. The molecule has 2 aliphatic rings. The lowest BCUT2D eigenvalue weighted by atomic mass is 9.92. The van der Waals surface area contributed by atoms with Crippen LogP contribution in [0.3, 0.4) is 0 Å². The summed E-state index contributed by atoms with van der Waals surface area (Å²) in [4.78, 5) is 0. The van der Waals surface area contributed by atoms with E-state index in [-0.39, 0.29) is 5.60 Å². The van der Waals surface area contributed by atoms with Crippen LogP contribution < -0.4 is 10.5 Å². The van der Waals surface area contributed by atoms with Crippen LogP contribution in [0.4, 0.5) is 0 Å². The average molecular weight is 231 g/mol. The highest BCUT2D eigenvalue weighted by Crippen LogP contribution is 2.48. The molecule has 0 bridgehead atoms. The number of hydrogen-bond donors (Lipinski definition) is 1. The minimum atomic E-state index is -0.00606. The minimum Gasteiger partial charge on any atom is -0.488 e. The lowest BCUT2D eigenvalue weighted by Gasteiger charge is -2.32. The predicted octanol–water partition coefficient (Wildman–Crippen LogP) is 2.85. The first-order chi connectivity index (χ1) is 8.09. The molecule has 1 aliphatic heterocycles. The molecule has 3 rings (SSSR count). The van der Waals surface area contributed by atoms with Gasteiger partial charge in [0.15, 0.2) is 0 Å². The van der Waals surface area contributed by atoms with Gasteiger partial charge in [-0.15, -0.1) is 0 Å². The Morgan fingerprint density at radius 1 is 1.41 bits per heavy atom. The number of nitrogens with two attached hydrogens (primary N) is 1. The van der Waals surface area contributed by atoms with Gasteiger partial charge in [0.05, 0.1) is 0 Å². The van der Waals surface area contributed by atoms with Gasteiger partial charge in [-0.25, -0.2) is 0 Å². The maximum atomic E-state index is 6.00. The molecule has 0 aromatic heterocycles. The number of rotatable bonds is 2. The van der Waals surface area contributed by atoms with Crippen molar-refractivity contribution in [1.82, 2.24) is 0 Å². The molecule has 0 unspecified atom stereocenters. The largest absolute Gasteiger partial charge is 0.488 e. The van der Waals surface area contributed by atoms with E-state index in [9.17, 15) is 0 Å². The van der Waals surface area contributed by atoms with Crippen molar-refractivity contribution >= 4 is 0 Å². The lowest BCUT2D eigenvalue weighted by Crippen LogP contribution is -2.32. The molecule has 92 valence electrons. The molecule has 2 atom stereocenters. The summed E-state index contributed by atoms with van der Waals surface area (Å²) in [6, 6.07) is 6.71. The van der Waals surface area contributed by atoms with E-state index < -0.39 is 0 Å². The Hall–Kier alpha value is -1.02. The second kappa shape index (κ2) is 3.74. The highest BCUT2D eigenvalue weighted by molar-refractivity contribution is 5.42. The van der Waals surface area contributed by atoms with Crippen molar-refractivity contribution in [2.75, 3.05) is 6.54 Å². The van der Waals surface area contributed by atoms with E-state index >= 15 is 0 Å². The normalized spacial score (nSPS) is 29.4. The molecule has 0 amide bonds. The summed E-state index contributed by atoms with van der Waals surface area (Å²) in [5, 5.41) is 0. The Balaban J connectivity index is 1.84. The first-order valence-corrected chi connectivity index (χ1v) is 6.61. The first-order valence-electron chi connectivity index (χ1n) is 6.61. The molecule has 1 aromatic carbocycles. The molecular formula is C15H21NO. The third kappa shape index (κ3) is 2.06. The third-order valence-corrected chi connectivity index (χ3v) is 4.12. The van der Waals surface area contributed by atoms with Crippen molar-refractivity contribution in [2.24, 2.45) is 11.7 Å². The van der Waals surface area contributed by atoms with Crippen LogP contribution in [0.1, 0.15) is 43.7 Å². The summed E-state index contributed by atoms with van der Waals surface area (Å²) in [6.45, 7) is 5.15. The van der Waals surface area contributed by atoms with Gasteiger partial charge >= 0.3 is 0 Å². The van der Waals surface area contributed by atoms with Crippen LogP contribution in [0, 0.1) is 5.92 Å². The molecule has 2 N–H and O–H groups in total. The van der Waals surface area contributed by atoms with Crippen LogP contribution in [0.15, 0.2) is 18.2 Å². The molecule has 1 aromatic rings. The predicted molar refractivity (Wildman–Crippen MR) is 69.4 cm³/mol. The molecule has 0 spiro atoms. The SMILES string of the molecule is CC1(C)CCc2cc([C@@H]3C[C@H]3CN)ccc2O1. The number of ether oxygens (including phenoxy) is 1. The van der Waals surface area contributed by atoms with Gasteiger partial charge in [-0.3, -0.25) is 0 Å². The topological polar surface area (TPSA) is 35.2 Å². The van der Waals surface area contributed by atoms with Crippen molar-refractivity contribution in [3.05, 3.63) is 29.3 Å². The van der Waals surface area contributed by atoms with E-state index in [0.29, 0.717) is 11.8 Å². The highest BCUT2D eigenvalue weighted by Gasteiger charge is 2.37. The van der Waals surface area contributed by atoms with Gasteiger partial charge in [0, 0.05) is 0 Å². The number of hydrogen-bond acceptors (Lipinski definition) is 2. The molecule has 1 aliphatic carbocycles. The maximum Gasteiger partial charge on any atom is 0.123 e. The maximum absolute atomic E-state index is 6.00. The molecule has 17 heavy (non-hydrogen) atoms. The molecule has 1 saturated carbocycles. The Bertz CT molecular complexity index is 439. The van der Waals surface area contributed by atoms with Crippen LogP contribution in [0.5, 0.6) is 5.75 Å². The fourth-order valence-corrected chi connectivity index (χ4v) is 2.83. The van der Waals surface area contributed by atoms with Crippen LogP contribution >= 0.6 is 0 Å². The van der Waals surface area contributed by atoms with Crippen LogP contribution in [-0.2, 0) is 6.42 Å². The smallest absolute Gasteiger partial charge is 0.123 e. The van der Waals surface area contributed by atoms with Gasteiger partial charge in [-0.1, -0.05) is 12.1 Å². The molecule has 2 nitrogen and oxygen atoms in total. The van der Waals surface area contributed by atoms with Crippen LogP contribution in [0.2, 0.25) is 0 Å². The fraction of sp³-hybridized carbons (Fsp3) is 0.600. The molecule has 0 radical (unpaired) electrons. The summed E-state index contributed by atoms with van der Waals surface area (Å²) >= 11 is 0. The van der Waals surface area contributed by atoms with Gasteiger partial charge < -0.3 is 10.5 Å². The number of fused-ring (bicyclic) bond motifs is 1. The molecular weight excluding hydrogens is 210 g/mol. The second-order valence-corrected chi connectivity index (χ2v) is 6.07. The molecule has 1 fully saturated rings. The van der Waals surface area contributed by atoms with Crippen molar-refractivity contribution in [3.63, 3.8) is 0 Å². The quantitative estimate of drug-likeness (QED) is 0.849. The monoisotopic (exact) mass is 231 g/mol. The standard InChI is InChI=1S/C15H21NO/c1-15(2)6-5-11-7-10(3-4-14(11)17-15)13-8-12(13)9-16/h3-4,7,12-13H,5-6,8-9,16H2,1-2H3/t12-,13-/m0/s1. The zero-order chi connectivity index (χ0) is 12.0. The third-order valence-electron chi connectivity index (χ3n) is 4.12. The second-order valence-electron chi connectivity index (χ2n) is 6.07. The summed E-state index contributed by atoms with van der Waals surface area (Å²) in [6.07, 6.45) is 3.51. The Labute approximate surface area is 103 Å². The van der Waals surface area contributed by atoms with Crippen molar-refractivity contribution in [3.8, 4) is 5.75 Å². The summed E-state index contributed by atoms with van der Waals surface area (Å²) in [5.74, 6) is 2.50. The van der Waals surface area contributed by atoms with Gasteiger partial charge in [0.1, 0.15) is 11.4 Å².